The highest BCUT2D eigenvalue weighted by Gasteiger charge is 2.39. The van der Waals surface area contributed by atoms with Crippen LogP contribution >= 0.6 is 0 Å². The Morgan fingerprint density at radius 2 is 1.69 bits per heavy atom. The zero-order valence-corrected chi connectivity index (χ0v) is 17.5. The summed E-state index contributed by atoms with van der Waals surface area (Å²) in [5.74, 6) is 2.30. The molecule has 0 radical (unpaired) electrons. The van der Waals surface area contributed by atoms with E-state index in [2.05, 4.69) is 32.7 Å². The molecule has 3 aliphatic rings. The van der Waals surface area contributed by atoms with Crippen molar-refractivity contribution in [1.82, 2.24) is 29.4 Å². The van der Waals surface area contributed by atoms with E-state index >= 15 is 0 Å². The third-order valence-electron chi connectivity index (χ3n) is 6.41. The van der Waals surface area contributed by atoms with Gasteiger partial charge in [0.25, 0.3) is 5.78 Å². The molecule has 0 saturated carbocycles. The lowest BCUT2D eigenvalue weighted by molar-refractivity contribution is -0.185. The third kappa shape index (κ3) is 3.84. The molecule has 0 unspecified atom stereocenters. The minimum absolute atomic E-state index is 0.338. The fourth-order valence-electron chi connectivity index (χ4n) is 4.63. The van der Waals surface area contributed by atoms with Gasteiger partial charge in [-0.15, -0.1) is 5.10 Å². The van der Waals surface area contributed by atoms with E-state index in [0.29, 0.717) is 19.0 Å². The molecule has 3 aliphatic heterocycles. The fourth-order valence-corrected chi connectivity index (χ4v) is 4.63. The maximum Gasteiger partial charge on any atom is 0.254 e. The number of likely N-dealkylation sites (tertiary alicyclic amines) is 1. The highest BCUT2D eigenvalue weighted by atomic mass is 16.7. The Bertz CT molecular complexity index is 846. The number of rotatable bonds is 4. The predicted octanol–water partition coefficient (Wildman–Crippen LogP) is 0.914. The van der Waals surface area contributed by atoms with Crippen molar-refractivity contribution in [2.45, 2.75) is 39.0 Å². The maximum atomic E-state index is 5.84. The summed E-state index contributed by atoms with van der Waals surface area (Å²) in [7, 11) is 0. The second kappa shape index (κ2) is 7.79. The van der Waals surface area contributed by atoms with Gasteiger partial charge in [-0.3, -0.25) is 4.90 Å². The molecule has 3 fully saturated rings. The second-order valence-corrected chi connectivity index (χ2v) is 8.30. The van der Waals surface area contributed by atoms with Gasteiger partial charge in [-0.05, 0) is 13.5 Å². The van der Waals surface area contributed by atoms with Crippen LogP contribution in [0.5, 0.6) is 0 Å². The first-order valence-electron chi connectivity index (χ1n) is 10.8. The van der Waals surface area contributed by atoms with E-state index in [1.807, 2.05) is 11.4 Å². The van der Waals surface area contributed by atoms with E-state index in [1.165, 1.54) is 0 Å². The number of ether oxygens (including phenoxy) is 2. The number of fused-ring (bicyclic) bond motifs is 1. The van der Waals surface area contributed by atoms with Crippen molar-refractivity contribution in [3.8, 4) is 0 Å². The van der Waals surface area contributed by atoms with Gasteiger partial charge in [0, 0.05) is 63.9 Å². The number of aromatic nitrogens is 4. The number of hydrogen-bond donors (Lipinski definition) is 0. The van der Waals surface area contributed by atoms with Crippen molar-refractivity contribution in [2.75, 3.05) is 63.9 Å². The van der Waals surface area contributed by atoms with E-state index in [-0.39, 0.29) is 5.79 Å². The third-order valence-corrected chi connectivity index (χ3v) is 6.41. The summed E-state index contributed by atoms with van der Waals surface area (Å²) >= 11 is 0. The SMILES string of the molecule is CCN1CCN(c2cc(C)nc3nc(CN4CCC5(CC4)OCCO5)nn23)CC1. The molecule has 2 aromatic heterocycles. The molecule has 5 rings (SSSR count). The lowest BCUT2D eigenvalue weighted by Crippen LogP contribution is -2.46. The molecule has 2 aromatic rings. The average molecular weight is 402 g/mol. The van der Waals surface area contributed by atoms with Gasteiger partial charge in [-0.1, -0.05) is 6.92 Å². The van der Waals surface area contributed by atoms with Gasteiger partial charge < -0.3 is 19.3 Å². The Labute approximate surface area is 171 Å². The van der Waals surface area contributed by atoms with E-state index in [0.717, 1.165) is 82.5 Å². The Balaban J connectivity index is 1.31. The quantitative estimate of drug-likeness (QED) is 0.749. The summed E-state index contributed by atoms with van der Waals surface area (Å²) in [5, 5.41) is 4.83. The van der Waals surface area contributed by atoms with Crippen LogP contribution in [0.1, 0.15) is 31.3 Å². The van der Waals surface area contributed by atoms with Crippen molar-refractivity contribution in [1.29, 1.82) is 0 Å². The Morgan fingerprint density at radius 3 is 2.38 bits per heavy atom. The molecule has 9 nitrogen and oxygen atoms in total. The van der Waals surface area contributed by atoms with Crippen molar-refractivity contribution >= 4 is 11.6 Å². The minimum atomic E-state index is -0.338. The van der Waals surface area contributed by atoms with Gasteiger partial charge in [0.1, 0.15) is 5.82 Å². The van der Waals surface area contributed by atoms with Crippen LogP contribution in [-0.4, -0.2) is 94.2 Å². The van der Waals surface area contributed by atoms with Crippen molar-refractivity contribution in [3.63, 3.8) is 0 Å². The lowest BCUT2D eigenvalue weighted by atomic mass is 10.0. The molecule has 0 aromatic carbocycles. The monoisotopic (exact) mass is 401 g/mol. The van der Waals surface area contributed by atoms with Crippen LogP contribution in [0.4, 0.5) is 5.82 Å². The number of anilines is 1. The summed E-state index contributed by atoms with van der Waals surface area (Å²) in [4.78, 5) is 16.6. The lowest BCUT2D eigenvalue weighted by Gasteiger charge is -2.37. The second-order valence-electron chi connectivity index (χ2n) is 8.30. The van der Waals surface area contributed by atoms with Gasteiger partial charge in [-0.2, -0.15) is 9.50 Å². The molecule has 1 spiro atoms. The zero-order valence-electron chi connectivity index (χ0n) is 17.5. The van der Waals surface area contributed by atoms with Crippen LogP contribution in [-0.2, 0) is 16.0 Å². The average Bonchev–Trinajstić information content (AvgIpc) is 3.36. The summed E-state index contributed by atoms with van der Waals surface area (Å²) in [6.07, 6.45) is 1.81. The number of hydrogen-bond acceptors (Lipinski definition) is 8. The number of likely N-dealkylation sites (N-methyl/N-ethyl adjacent to an activating group) is 1. The molecule has 0 N–H and O–H groups in total. The molecule has 3 saturated heterocycles. The standard InChI is InChI=1S/C20H31N7O2/c1-3-24-8-10-26(11-9-24)18-14-16(2)21-19-22-17(23-27(18)19)15-25-6-4-20(5-7-25)28-12-13-29-20/h14H,3-13,15H2,1-2H3. The molecule has 0 atom stereocenters. The highest BCUT2D eigenvalue weighted by molar-refractivity contribution is 5.48. The summed E-state index contributed by atoms with van der Waals surface area (Å²) in [6.45, 7) is 13.6. The number of piperidine rings is 1. The molecule has 29 heavy (non-hydrogen) atoms. The Hall–Kier alpha value is -1.81. The molecule has 5 heterocycles. The first kappa shape index (κ1) is 19.2. The minimum Gasteiger partial charge on any atom is -0.354 e. The molecule has 158 valence electrons. The topological polar surface area (TPSA) is 71.3 Å². The fraction of sp³-hybridized carbons (Fsp3) is 0.750. The molecular formula is C20H31N7O2. The Morgan fingerprint density at radius 1 is 0.966 bits per heavy atom. The van der Waals surface area contributed by atoms with Crippen LogP contribution in [0.15, 0.2) is 6.07 Å². The largest absolute Gasteiger partial charge is 0.354 e. The normalized spacial score (nSPS) is 23.4. The predicted molar refractivity (Wildman–Crippen MR) is 109 cm³/mol. The molecule has 0 bridgehead atoms. The van der Waals surface area contributed by atoms with Crippen LogP contribution in [0.25, 0.3) is 5.78 Å². The molecule has 0 aliphatic carbocycles. The Kier molecular flexibility index (Phi) is 5.15. The van der Waals surface area contributed by atoms with Crippen molar-refractivity contribution in [3.05, 3.63) is 17.6 Å². The highest BCUT2D eigenvalue weighted by Crippen LogP contribution is 2.31. The van der Waals surface area contributed by atoms with Crippen molar-refractivity contribution in [2.24, 2.45) is 0 Å². The van der Waals surface area contributed by atoms with Crippen LogP contribution < -0.4 is 4.90 Å². The van der Waals surface area contributed by atoms with Crippen molar-refractivity contribution < 1.29 is 9.47 Å². The number of nitrogens with zero attached hydrogens (tertiary/aromatic N) is 7. The van der Waals surface area contributed by atoms with E-state index in [4.69, 9.17) is 19.6 Å². The zero-order chi connectivity index (χ0) is 19.8. The van der Waals surface area contributed by atoms with Gasteiger partial charge in [0.2, 0.25) is 0 Å². The van der Waals surface area contributed by atoms with Gasteiger partial charge >= 0.3 is 0 Å². The van der Waals surface area contributed by atoms with Gasteiger partial charge in [0.05, 0.1) is 19.8 Å². The number of piperazine rings is 1. The van der Waals surface area contributed by atoms with Crippen LogP contribution in [0, 0.1) is 6.92 Å². The summed E-state index contributed by atoms with van der Waals surface area (Å²) < 4.78 is 13.6. The first-order valence-corrected chi connectivity index (χ1v) is 10.8. The van der Waals surface area contributed by atoms with Gasteiger partial charge in [-0.25, -0.2) is 4.98 Å². The molecule has 0 amide bonds. The molecular weight excluding hydrogens is 370 g/mol. The number of aryl methyl sites for hydroxylation is 1. The maximum absolute atomic E-state index is 5.84. The molecule has 9 heteroatoms. The smallest absolute Gasteiger partial charge is 0.254 e. The van der Waals surface area contributed by atoms with E-state index < -0.39 is 0 Å². The van der Waals surface area contributed by atoms with E-state index in [9.17, 15) is 0 Å². The van der Waals surface area contributed by atoms with Crippen LogP contribution in [0.2, 0.25) is 0 Å². The van der Waals surface area contributed by atoms with Crippen LogP contribution in [0.3, 0.4) is 0 Å². The van der Waals surface area contributed by atoms with E-state index in [1.54, 1.807) is 0 Å². The summed E-state index contributed by atoms with van der Waals surface area (Å²) in [5.41, 5.74) is 0.986. The first-order chi connectivity index (χ1) is 14.1. The summed E-state index contributed by atoms with van der Waals surface area (Å²) in [6, 6.07) is 2.13. The van der Waals surface area contributed by atoms with Gasteiger partial charge in [0.15, 0.2) is 11.6 Å².